The van der Waals surface area contributed by atoms with Gasteiger partial charge in [0.05, 0.1) is 12.9 Å². The number of phosphoric acid groups is 1. The van der Waals surface area contributed by atoms with Crippen molar-refractivity contribution in [1.29, 1.82) is 0 Å². The maximum atomic E-state index is 11.8. The molecule has 3 heterocycles. The van der Waals surface area contributed by atoms with E-state index in [0.717, 1.165) is 6.33 Å². The number of anilines is 1. The zero-order valence-electron chi connectivity index (χ0n) is 15.1. The highest BCUT2D eigenvalue weighted by Gasteiger charge is 2.46. The van der Waals surface area contributed by atoms with E-state index in [4.69, 9.17) is 10.5 Å². The van der Waals surface area contributed by atoms with Crippen molar-refractivity contribution in [2.45, 2.75) is 24.5 Å². The summed E-state index contributed by atoms with van der Waals surface area (Å²) < 4.78 is 38.3. The van der Waals surface area contributed by atoms with Crippen LogP contribution in [0, 0.1) is 0 Å². The van der Waals surface area contributed by atoms with Gasteiger partial charge in [0.2, 0.25) is 0 Å². The Balaban J connectivity index is 1.68. The Bertz CT molecular complexity index is 1040. The number of nitrogens with zero attached hydrogens (tertiary/aromatic N) is 4. The Morgan fingerprint density at radius 3 is 2.52 bits per heavy atom. The molecule has 2 unspecified atom stereocenters. The lowest BCUT2D eigenvalue weighted by Crippen LogP contribution is -2.35. The summed E-state index contributed by atoms with van der Waals surface area (Å²) in [6.45, 7) is -0.932. The molecular formula is C11H16N5O12P3-2. The molecular weight excluding hydrogens is 487 g/mol. The number of imidazole rings is 1. The van der Waals surface area contributed by atoms with Gasteiger partial charge in [0.1, 0.15) is 36.1 Å². The van der Waals surface area contributed by atoms with Crippen LogP contribution in [0.1, 0.15) is 6.23 Å². The van der Waals surface area contributed by atoms with E-state index in [1.807, 2.05) is 0 Å². The fourth-order valence-corrected chi connectivity index (χ4v) is 6.99. The fraction of sp³-hybridized carbons (Fsp3) is 0.545. The van der Waals surface area contributed by atoms with E-state index < -0.39 is 60.4 Å². The second kappa shape index (κ2) is 8.65. The van der Waals surface area contributed by atoms with E-state index in [-0.39, 0.29) is 17.0 Å². The number of nitrogen functional groups attached to an aromatic ring is 1. The average molecular weight is 503 g/mol. The molecule has 20 heteroatoms. The Labute approximate surface area is 173 Å². The molecule has 0 bridgehead atoms. The molecule has 3 rings (SSSR count). The zero-order valence-corrected chi connectivity index (χ0v) is 17.8. The number of hydrogen-bond donors (Lipinski definition) is 5. The molecule has 1 aliphatic rings. The molecule has 6 N–H and O–H groups in total. The highest BCUT2D eigenvalue weighted by molar-refractivity contribution is 7.74. The summed E-state index contributed by atoms with van der Waals surface area (Å²) in [6.07, 6.45) is -3.64. The van der Waals surface area contributed by atoms with Gasteiger partial charge in [0, 0.05) is 0 Å². The first kappa shape index (κ1) is 24.5. The van der Waals surface area contributed by atoms with Crippen LogP contribution in [0.15, 0.2) is 12.7 Å². The van der Waals surface area contributed by atoms with E-state index in [9.17, 15) is 43.8 Å². The van der Waals surface area contributed by atoms with Gasteiger partial charge in [-0.2, -0.15) is 7.94 Å². The van der Waals surface area contributed by atoms with Crippen molar-refractivity contribution in [2.24, 2.45) is 0 Å². The first-order valence-electron chi connectivity index (χ1n) is 8.15. The number of phosphoric ester groups is 1. The van der Waals surface area contributed by atoms with Crippen molar-refractivity contribution < 1.29 is 57.4 Å². The number of hydrogen-bond acceptors (Lipinski definition) is 14. The predicted octanol–water partition coefficient (Wildman–Crippen LogP) is -3.85. The molecule has 1 saturated heterocycles. The molecule has 0 aromatic carbocycles. The Morgan fingerprint density at radius 1 is 1.19 bits per heavy atom. The number of rotatable bonds is 8. The lowest BCUT2D eigenvalue weighted by Gasteiger charge is -2.42. The molecule has 0 radical (unpaired) electrons. The average Bonchev–Trinajstić information content (AvgIpc) is 3.13. The number of aliphatic hydroxyl groups excluding tert-OH is 2. The highest BCUT2D eigenvalue weighted by atomic mass is 31.3. The first-order valence-corrected chi connectivity index (χ1v) is 13.1. The molecule has 0 saturated carbocycles. The lowest BCUT2D eigenvalue weighted by atomic mass is 10.1. The quantitative estimate of drug-likeness (QED) is 0.215. The summed E-state index contributed by atoms with van der Waals surface area (Å²) in [5, 5.41) is 20.4. The first-order chi connectivity index (χ1) is 14.2. The van der Waals surface area contributed by atoms with Gasteiger partial charge in [0.15, 0.2) is 17.7 Å². The van der Waals surface area contributed by atoms with Gasteiger partial charge in [-0.15, -0.1) is 0 Å². The topological polar surface area (TPSA) is 282 Å². The van der Waals surface area contributed by atoms with E-state index >= 15 is 0 Å². The number of aromatic nitrogens is 4. The standard InChI is InChI=1S/C11H18N5O12P3/c12-9-6-10(14-2-13-9)16(3-15-6)11-8(18)7(17)5(27-11)1-26-31(24,25)28-30(22,23)4-29(19,20)21/h2-3,5,7-8,11,17-18H,1,4H2,(H,22,23)(H,24,25)(H2,12,13,14)(H2,19,20,21)/p-2/t5-,7-,8-,11-/m1/s1. The molecule has 2 aromatic heterocycles. The van der Waals surface area contributed by atoms with Crippen molar-refractivity contribution in [1.82, 2.24) is 19.5 Å². The largest absolute Gasteiger partial charge is 0.687 e. The number of aliphatic hydroxyl groups is 2. The van der Waals surface area contributed by atoms with Crippen molar-refractivity contribution in [3.05, 3.63) is 12.7 Å². The molecule has 2 aromatic rings. The van der Waals surface area contributed by atoms with Crippen LogP contribution >= 0.6 is 23.4 Å². The number of nitrogens with two attached hydrogens (primary N) is 1. The van der Waals surface area contributed by atoms with Crippen LogP contribution in [0.4, 0.5) is 5.82 Å². The third-order valence-corrected chi connectivity index (χ3v) is 9.12. The lowest BCUT2D eigenvalue weighted by molar-refractivity contribution is -0.426. The molecule has 0 amide bonds. The van der Waals surface area contributed by atoms with E-state index in [1.54, 1.807) is 0 Å². The predicted molar refractivity (Wildman–Crippen MR) is 94.1 cm³/mol. The monoisotopic (exact) mass is 503 g/mol. The van der Waals surface area contributed by atoms with Gasteiger partial charge in [-0.1, -0.05) is 0 Å². The molecule has 1 fully saturated rings. The smallest absolute Gasteiger partial charge is 0.479 e. The Hall–Kier alpha value is -1.16. The minimum Gasteiger partial charge on any atom is -0.687 e. The number of fused-ring (bicyclic) bond motifs is 1. The molecule has 6 atom stereocenters. The summed E-state index contributed by atoms with van der Waals surface area (Å²) in [7, 11) is -16.2. The second-order valence-electron chi connectivity index (χ2n) is 6.36. The molecule has 174 valence electrons. The molecule has 31 heavy (non-hydrogen) atoms. The van der Waals surface area contributed by atoms with E-state index in [1.165, 1.54) is 10.9 Å². The molecule has 0 spiro atoms. The van der Waals surface area contributed by atoms with Crippen LogP contribution in [0.5, 0.6) is 0 Å². The van der Waals surface area contributed by atoms with Gasteiger partial charge in [-0.25, -0.2) is 23.8 Å². The normalized spacial score (nSPS) is 28.5. The van der Waals surface area contributed by atoms with Crippen molar-refractivity contribution in [3.63, 3.8) is 0 Å². The van der Waals surface area contributed by atoms with E-state index in [2.05, 4.69) is 23.8 Å². The summed E-state index contributed by atoms with van der Waals surface area (Å²) in [5.41, 5.74) is 6.01. The molecule has 1 aliphatic heterocycles. The summed E-state index contributed by atoms with van der Waals surface area (Å²) in [5.74, 6) is -1.89. The van der Waals surface area contributed by atoms with Gasteiger partial charge in [-0.3, -0.25) is 13.7 Å². The van der Waals surface area contributed by atoms with Crippen LogP contribution in [0.25, 0.3) is 11.2 Å². The van der Waals surface area contributed by atoms with Gasteiger partial charge >= 0.3 is 15.4 Å². The van der Waals surface area contributed by atoms with Crippen LogP contribution in [-0.4, -0.2) is 70.3 Å². The zero-order chi connectivity index (χ0) is 23.2. The van der Waals surface area contributed by atoms with Crippen LogP contribution in [0.3, 0.4) is 0 Å². The molecule has 0 aliphatic carbocycles. The molecule has 17 nitrogen and oxygen atoms in total. The third-order valence-electron chi connectivity index (χ3n) is 3.98. The minimum atomic E-state index is -5.54. The maximum Gasteiger partial charge on any atom is 0.479 e. The van der Waals surface area contributed by atoms with Gasteiger partial charge in [0.25, 0.3) is 0 Å². The van der Waals surface area contributed by atoms with Crippen molar-refractivity contribution in [3.8, 4) is 0 Å². The van der Waals surface area contributed by atoms with Crippen LogP contribution < -0.4 is 20.4 Å². The number of ether oxygens (including phenoxy) is 1. The maximum absolute atomic E-state index is 11.8. The summed E-state index contributed by atoms with van der Waals surface area (Å²) in [6, 6.07) is 0. The Morgan fingerprint density at radius 2 is 1.87 bits per heavy atom. The van der Waals surface area contributed by atoms with Crippen LogP contribution in [-0.2, 0) is 22.7 Å². The van der Waals surface area contributed by atoms with Gasteiger partial charge in [-0.05, 0) is 0 Å². The third kappa shape index (κ3) is 5.80. The minimum absolute atomic E-state index is 0.0455. The van der Waals surface area contributed by atoms with Crippen molar-refractivity contribution >= 4 is 40.3 Å². The summed E-state index contributed by atoms with van der Waals surface area (Å²) in [4.78, 5) is 62.2. The van der Waals surface area contributed by atoms with Crippen LogP contribution in [0.2, 0.25) is 0 Å². The van der Waals surface area contributed by atoms with Gasteiger partial charge < -0.3 is 45.2 Å². The van der Waals surface area contributed by atoms with Crippen molar-refractivity contribution in [2.75, 3.05) is 18.2 Å². The summed E-state index contributed by atoms with van der Waals surface area (Å²) >= 11 is 0. The SMILES string of the molecule is Nc1ncnc2c1ncn2[C@@H]1O[C@H](COP(=O)(O)OP(=O)(O)C[P+]([O-])([O-])[O-])[C@@H](O)[C@H]1O. The highest BCUT2D eigenvalue weighted by Crippen LogP contribution is 2.64. The second-order valence-corrected chi connectivity index (χ2v) is 11.8. The fourth-order valence-electron chi connectivity index (χ4n) is 2.75. The Kier molecular flexibility index (Phi) is 6.83. The van der Waals surface area contributed by atoms with E-state index in [0.29, 0.717) is 0 Å².